The fourth-order valence-electron chi connectivity index (χ4n) is 1.88. The van der Waals surface area contributed by atoms with Gasteiger partial charge in [0.05, 0.1) is 6.54 Å². The number of ether oxygens (including phenoxy) is 1. The third-order valence-electron chi connectivity index (χ3n) is 2.71. The van der Waals surface area contributed by atoms with Crippen LogP contribution in [0.1, 0.15) is 27.7 Å². The Morgan fingerprint density at radius 1 is 1.39 bits per heavy atom. The van der Waals surface area contributed by atoms with Crippen molar-refractivity contribution < 1.29 is 24.2 Å². The maximum atomic E-state index is 11.6. The number of carbonyl (C=O) groups excluding carboxylic acids is 2. The summed E-state index contributed by atoms with van der Waals surface area (Å²) in [6.45, 7) is 6.60. The van der Waals surface area contributed by atoms with E-state index in [4.69, 9.17) is 4.74 Å². The maximum Gasteiger partial charge on any atom is 0.407 e. The number of hydrogen-bond acceptors (Lipinski definition) is 6. The molecule has 0 bridgehead atoms. The first-order valence-electron chi connectivity index (χ1n) is 7.07. The third-order valence-corrected chi connectivity index (χ3v) is 2.71. The molecule has 128 valence electrons. The van der Waals surface area contributed by atoms with Crippen LogP contribution in [0.4, 0.5) is 4.79 Å². The molecule has 0 fully saturated rings. The van der Waals surface area contributed by atoms with Crippen LogP contribution in [-0.2, 0) is 14.3 Å². The second-order valence-corrected chi connectivity index (χ2v) is 5.89. The number of ketones is 1. The maximum absolute atomic E-state index is 11.6. The Morgan fingerprint density at radius 3 is 2.48 bits per heavy atom. The van der Waals surface area contributed by atoms with Gasteiger partial charge in [-0.15, -0.1) is 0 Å². The average molecular weight is 326 g/mol. The van der Waals surface area contributed by atoms with Gasteiger partial charge in [-0.25, -0.2) is 14.6 Å². The summed E-state index contributed by atoms with van der Waals surface area (Å²) >= 11 is 0. The fraction of sp³-hybridized carbons (Fsp3) is 0.571. The summed E-state index contributed by atoms with van der Waals surface area (Å²) in [6.07, 6.45) is 3.75. The van der Waals surface area contributed by atoms with E-state index < -0.39 is 29.5 Å². The number of carbonyl (C=O) groups is 3. The van der Waals surface area contributed by atoms with Crippen molar-refractivity contribution in [3.8, 4) is 0 Å². The van der Waals surface area contributed by atoms with E-state index in [1.165, 1.54) is 35.3 Å². The van der Waals surface area contributed by atoms with Crippen LogP contribution in [0.3, 0.4) is 0 Å². The van der Waals surface area contributed by atoms with Crippen LogP contribution in [0.15, 0.2) is 18.7 Å². The lowest BCUT2D eigenvalue weighted by atomic mass is 10.2. The highest BCUT2D eigenvalue weighted by atomic mass is 16.6. The minimum absolute atomic E-state index is 0.0894. The fourth-order valence-corrected chi connectivity index (χ4v) is 1.88. The number of rotatable bonds is 7. The van der Waals surface area contributed by atoms with Crippen molar-refractivity contribution in [1.29, 1.82) is 0 Å². The van der Waals surface area contributed by atoms with E-state index in [2.05, 4.69) is 10.3 Å². The monoisotopic (exact) mass is 326 g/mol. The van der Waals surface area contributed by atoms with Gasteiger partial charge in [0.25, 0.3) is 0 Å². The number of nitrogens with zero attached hydrogens (tertiary/aromatic N) is 3. The summed E-state index contributed by atoms with van der Waals surface area (Å²) in [5.74, 6) is -1.80. The molecular formula is C14H22N4O5. The second kappa shape index (κ2) is 7.61. The van der Waals surface area contributed by atoms with Crippen molar-refractivity contribution in [2.24, 2.45) is 0 Å². The molecule has 0 aliphatic heterocycles. The van der Waals surface area contributed by atoms with Gasteiger partial charge in [0, 0.05) is 18.9 Å². The zero-order valence-electron chi connectivity index (χ0n) is 13.6. The number of aromatic nitrogens is 2. The Kier molecular flexibility index (Phi) is 6.11. The minimum Gasteiger partial charge on any atom is -0.479 e. The number of carboxylic acids is 1. The van der Waals surface area contributed by atoms with E-state index in [-0.39, 0.29) is 13.1 Å². The first-order chi connectivity index (χ1) is 10.6. The Balaban J connectivity index is 2.74. The molecule has 0 saturated carbocycles. The average Bonchev–Trinajstić information content (AvgIpc) is 2.87. The van der Waals surface area contributed by atoms with Crippen molar-refractivity contribution in [3.05, 3.63) is 18.7 Å². The van der Waals surface area contributed by atoms with E-state index in [0.717, 1.165) is 0 Å². The number of hydrogen-bond donors (Lipinski definition) is 2. The van der Waals surface area contributed by atoms with E-state index in [1.54, 1.807) is 20.8 Å². The van der Waals surface area contributed by atoms with Gasteiger partial charge in [-0.3, -0.25) is 14.5 Å². The molecule has 1 aromatic heterocycles. The molecule has 1 amide bonds. The van der Waals surface area contributed by atoms with Gasteiger partial charge in [0.15, 0.2) is 5.78 Å². The number of amides is 1. The summed E-state index contributed by atoms with van der Waals surface area (Å²) < 4.78 is 6.49. The standard InChI is InChI=1S/C14H22N4O5/c1-10(19)11(12(20)21)18(17-7-5-15-9-17)8-6-16-13(22)23-14(2,3)4/h5,7,9,11H,6,8H2,1-4H3,(H,16,22)(H,20,21). The Morgan fingerprint density at radius 2 is 2.04 bits per heavy atom. The van der Waals surface area contributed by atoms with E-state index in [1.807, 2.05) is 0 Å². The summed E-state index contributed by atoms with van der Waals surface area (Å²) in [7, 11) is 0. The van der Waals surface area contributed by atoms with Gasteiger partial charge in [-0.2, -0.15) is 0 Å². The molecule has 0 saturated heterocycles. The van der Waals surface area contributed by atoms with Crippen molar-refractivity contribution in [2.75, 3.05) is 18.1 Å². The lowest BCUT2D eigenvalue weighted by Crippen LogP contribution is -2.54. The summed E-state index contributed by atoms with van der Waals surface area (Å²) in [6, 6.07) is -1.37. The van der Waals surface area contributed by atoms with Gasteiger partial charge in [-0.05, 0) is 27.7 Å². The highest BCUT2D eigenvalue weighted by Gasteiger charge is 2.30. The lowest BCUT2D eigenvalue weighted by Gasteiger charge is -2.30. The van der Waals surface area contributed by atoms with Crippen LogP contribution < -0.4 is 10.3 Å². The molecule has 23 heavy (non-hydrogen) atoms. The number of alkyl carbamates (subject to hydrolysis) is 1. The van der Waals surface area contributed by atoms with Crippen LogP contribution in [-0.4, -0.2) is 57.3 Å². The zero-order chi connectivity index (χ0) is 17.6. The number of carboxylic acid groups (broad SMARTS) is 1. The zero-order valence-corrected chi connectivity index (χ0v) is 13.6. The Hall–Kier alpha value is -2.58. The first-order valence-corrected chi connectivity index (χ1v) is 7.07. The molecule has 2 N–H and O–H groups in total. The van der Waals surface area contributed by atoms with Crippen molar-refractivity contribution in [3.63, 3.8) is 0 Å². The van der Waals surface area contributed by atoms with Gasteiger partial charge in [0.2, 0.25) is 6.04 Å². The largest absolute Gasteiger partial charge is 0.479 e. The van der Waals surface area contributed by atoms with Crippen molar-refractivity contribution in [1.82, 2.24) is 15.0 Å². The highest BCUT2D eigenvalue weighted by Crippen LogP contribution is 2.06. The molecule has 9 nitrogen and oxygen atoms in total. The SMILES string of the molecule is CC(=O)C(C(=O)O)N(CCNC(=O)OC(C)(C)C)n1ccnc1. The van der Waals surface area contributed by atoms with Crippen molar-refractivity contribution in [2.45, 2.75) is 39.3 Å². The van der Waals surface area contributed by atoms with Crippen LogP contribution >= 0.6 is 0 Å². The third kappa shape index (κ3) is 5.97. The number of imidazole rings is 1. The molecule has 1 aromatic rings. The molecule has 1 heterocycles. The molecule has 0 aliphatic carbocycles. The molecule has 1 unspecified atom stereocenters. The first kappa shape index (κ1) is 18.5. The van der Waals surface area contributed by atoms with Crippen LogP contribution in [0.2, 0.25) is 0 Å². The van der Waals surface area contributed by atoms with E-state index >= 15 is 0 Å². The number of Topliss-reactive ketones (excluding diaryl/α,β-unsaturated/α-hetero) is 1. The molecule has 0 radical (unpaired) electrons. The summed E-state index contributed by atoms with van der Waals surface area (Å²) in [5, 5.41) is 13.1. The lowest BCUT2D eigenvalue weighted by molar-refractivity contribution is -0.142. The van der Waals surface area contributed by atoms with Gasteiger partial charge in [0.1, 0.15) is 11.9 Å². The predicted molar refractivity (Wildman–Crippen MR) is 81.7 cm³/mol. The molecule has 1 rings (SSSR count). The molecule has 0 aliphatic rings. The quantitative estimate of drug-likeness (QED) is 0.697. The normalized spacial score (nSPS) is 12.3. The Labute approximate surface area is 134 Å². The Bertz CT molecular complexity index is 536. The molecule has 1 atom stereocenters. The highest BCUT2D eigenvalue weighted by molar-refractivity contribution is 6.02. The van der Waals surface area contributed by atoms with Crippen LogP contribution in [0.25, 0.3) is 0 Å². The summed E-state index contributed by atoms with van der Waals surface area (Å²) in [4.78, 5) is 38.4. The van der Waals surface area contributed by atoms with E-state index in [0.29, 0.717) is 0 Å². The van der Waals surface area contributed by atoms with Crippen molar-refractivity contribution >= 4 is 17.8 Å². The molecule has 0 spiro atoms. The van der Waals surface area contributed by atoms with E-state index in [9.17, 15) is 19.5 Å². The van der Waals surface area contributed by atoms with Gasteiger partial charge >= 0.3 is 12.1 Å². The number of nitrogens with one attached hydrogen (secondary N) is 1. The minimum atomic E-state index is -1.37. The molecular weight excluding hydrogens is 304 g/mol. The molecule has 0 aromatic carbocycles. The van der Waals surface area contributed by atoms with Gasteiger partial charge in [-0.1, -0.05) is 0 Å². The van der Waals surface area contributed by atoms with Crippen LogP contribution in [0.5, 0.6) is 0 Å². The molecule has 9 heteroatoms. The van der Waals surface area contributed by atoms with Crippen LogP contribution in [0, 0.1) is 0 Å². The summed E-state index contributed by atoms with van der Waals surface area (Å²) in [5.41, 5.74) is -0.628. The smallest absolute Gasteiger partial charge is 0.407 e. The van der Waals surface area contributed by atoms with Gasteiger partial charge < -0.3 is 15.2 Å². The number of aliphatic carboxylic acids is 1. The topological polar surface area (TPSA) is 114 Å². The predicted octanol–water partition coefficient (Wildman–Crippen LogP) is 0.388. The second-order valence-electron chi connectivity index (χ2n) is 5.89.